The number of benzene rings is 2. The van der Waals surface area contributed by atoms with E-state index in [-0.39, 0.29) is 51.2 Å². The van der Waals surface area contributed by atoms with E-state index in [9.17, 15) is 14.4 Å². The molecule has 2 N–H and O–H groups in total. The van der Waals surface area contributed by atoms with E-state index in [2.05, 4.69) is 42.4 Å². The zero-order valence-corrected chi connectivity index (χ0v) is 30.2. The molecule has 2 atom stereocenters. The van der Waals surface area contributed by atoms with Gasteiger partial charge in [-0.05, 0) is 74.7 Å². The molecular formula is C38H59FN6O3S. The third-order valence-electron chi connectivity index (χ3n) is 10.5. The quantitative estimate of drug-likeness (QED) is 0.271. The topological polar surface area (TPSA) is 88.2 Å². The molecule has 272 valence electrons. The van der Waals surface area contributed by atoms with Crippen LogP contribution in [0.3, 0.4) is 0 Å². The molecule has 3 saturated heterocycles. The molecule has 49 heavy (non-hydrogen) atoms. The van der Waals surface area contributed by atoms with Crippen LogP contribution >= 0.6 is 11.8 Å². The number of urea groups is 1. The van der Waals surface area contributed by atoms with Gasteiger partial charge in [-0.25, -0.2) is 9.18 Å². The van der Waals surface area contributed by atoms with E-state index in [1.165, 1.54) is 37.1 Å². The first-order valence-electron chi connectivity index (χ1n) is 18.2. The molecule has 3 fully saturated rings. The minimum absolute atomic E-state index is 0. The van der Waals surface area contributed by atoms with Crippen LogP contribution in [0.25, 0.3) is 0 Å². The Morgan fingerprint density at radius 2 is 1.73 bits per heavy atom. The molecule has 0 saturated carbocycles. The van der Waals surface area contributed by atoms with E-state index in [1.54, 1.807) is 6.07 Å². The number of anilines is 2. The number of halogens is 1. The molecule has 0 bridgehead atoms. The van der Waals surface area contributed by atoms with E-state index in [4.69, 9.17) is 0 Å². The Morgan fingerprint density at radius 1 is 0.980 bits per heavy atom. The average molecular weight is 699 g/mol. The van der Waals surface area contributed by atoms with Gasteiger partial charge in [0.15, 0.2) is 0 Å². The van der Waals surface area contributed by atoms with Gasteiger partial charge in [0.05, 0.1) is 10.9 Å². The lowest BCUT2D eigenvalue weighted by atomic mass is 9.92. The number of fused-ring (bicyclic) bond motifs is 1. The van der Waals surface area contributed by atoms with E-state index < -0.39 is 5.25 Å². The Labute approximate surface area is 299 Å². The zero-order valence-electron chi connectivity index (χ0n) is 29.4. The normalized spacial score (nSPS) is 22.6. The van der Waals surface area contributed by atoms with Crippen LogP contribution in [0.15, 0.2) is 42.5 Å². The highest BCUT2D eigenvalue weighted by atomic mass is 32.2. The van der Waals surface area contributed by atoms with Crippen molar-refractivity contribution < 1.29 is 23.1 Å². The summed E-state index contributed by atoms with van der Waals surface area (Å²) >= 11 is 1.48. The number of amides is 4. The number of para-hydroxylation sites is 2. The first-order valence-corrected chi connectivity index (χ1v) is 19.2. The maximum atomic E-state index is 15.4. The summed E-state index contributed by atoms with van der Waals surface area (Å²) in [5.74, 6) is -0.399. The fraction of sp³-hybridized carbons (Fsp3) is 0.605. The van der Waals surface area contributed by atoms with Crippen molar-refractivity contribution in [2.75, 3.05) is 63.0 Å². The molecule has 2 aromatic rings. The Bertz CT molecular complexity index is 1500. The van der Waals surface area contributed by atoms with Crippen LogP contribution in [-0.4, -0.2) is 101 Å². The second-order valence-electron chi connectivity index (χ2n) is 15.2. The van der Waals surface area contributed by atoms with E-state index in [0.717, 1.165) is 49.3 Å². The van der Waals surface area contributed by atoms with Crippen LogP contribution in [0, 0.1) is 11.2 Å². The first-order chi connectivity index (χ1) is 23.6. The third kappa shape index (κ3) is 8.71. The molecule has 4 aliphatic heterocycles. The van der Waals surface area contributed by atoms with Gasteiger partial charge < -0.3 is 30.2 Å². The number of nitrogens with one attached hydrogen (secondary N) is 2. The Kier molecular flexibility index (Phi) is 11.4. The molecule has 0 aromatic heterocycles. The van der Waals surface area contributed by atoms with Crippen LogP contribution in [0.5, 0.6) is 0 Å². The Morgan fingerprint density at radius 3 is 2.49 bits per heavy atom. The molecular weight excluding hydrogens is 640 g/mol. The van der Waals surface area contributed by atoms with E-state index in [0.29, 0.717) is 51.3 Å². The molecule has 0 spiro atoms. The third-order valence-corrected chi connectivity index (χ3v) is 12.0. The van der Waals surface area contributed by atoms with Gasteiger partial charge in [-0.1, -0.05) is 57.5 Å². The van der Waals surface area contributed by atoms with Crippen molar-refractivity contribution in [3.8, 4) is 0 Å². The molecule has 0 radical (unpaired) electrons. The van der Waals surface area contributed by atoms with Crippen LogP contribution in [0.2, 0.25) is 0 Å². The van der Waals surface area contributed by atoms with Crippen molar-refractivity contribution in [1.29, 1.82) is 0 Å². The summed E-state index contributed by atoms with van der Waals surface area (Å²) in [5.41, 5.74) is 3.24. The highest BCUT2D eigenvalue weighted by Crippen LogP contribution is 2.47. The standard InChI is InChI=1S/C38H53FN6O3S.3H2/c1-38(2,3)17-24-45-35(47)32(49-36(45)29-11-9-12-30(39)34(29)40-18-25-42-19-7-4-8-20-42)26-33(46)43-21-15-28(16-22-43)44-23-14-27-10-5-6-13-31(27)41-37(44)48;;;/h5-6,9-13,28,32,36,40H,4,7-8,14-26H2,1-3H3,(H,41,48);3*1H/t32-,36?;;;/m0.../s1. The van der Waals surface area contributed by atoms with Crippen molar-refractivity contribution in [2.45, 2.75) is 88.8 Å². The first kappa shape index (κ1) is 35.5. The molecule has 2 aromatic carbocycles. The van der Waals surface area contributed by atoms with Crippen LogP contribution < -0.4 is 10.6 Å². The van der Waals surface area contributed by atoms with E-state index >= 15 is 4.39 Å². The van der Waals surface area contributed by atoms with Crippen molar-refractivity contribution in [1.82, 2.24) is 19.6 Å². The number of rotatable bonds is 10. The van der Waals surface area contributed by atoms with Crippen molar-refractivity contribution in [3.05, 3.63) is 59.4 Å². The zero-order chi connectivity index (χ0) is 34.5. The number of hydrogen-bond donors (Lipinski definition) is 2. The maximum absolute atomic E-state index is 15.4. The fourth-order valence-electron chi connectivity index (χ4n) is 7.56. The lowest BCUT2D eigenvalue weighted by Gasteiger charge is -2.38. The summed E-state index contributed by atoms with van der Waals surface area (Å²) in [6.07, 6.45) is 6.80. The van der Waals surface area contributed by atoms with Gasteiger partial charge in [-0.3, -0.25) is 9.59 Å². The number of carbonyl (C=O) groups is 3. The fourth-order valence-corrected chi connectivity index (χ4v) is 9.06. The summed E-state index contributed by atoms with van der Waals surface area (Å²) in [4.78, 5) is 48.9. The summed E-state index contributed by atoms with van der Waals surface area (Å²) in [6.45, 7) is 12.4. The molecule has 0 aliphatic carbocycles. The minimum Gasteiger partial charge on any atom is -0.381 e. The summed E-state index contributed by atoms with van der Waals surface area (Å²) < 4.78 is 15.4. The molecule has 4 amide bonds. The number of likely N-dealkylation sites (tertiary alicyclic amines) is 2. The number of piperidine rings is 2. The number of thioether (sulfide) groups is 1. The van der Waals surface area contributed by atoms with Gasteiger partial charge in [0, 0.05) is 67.3 Å². The van der Waals surface area contributed by atoms with Crippen molar-refractivity contribution in [2.24, 2.45) is 5.41 Å². The molecule has 6 rings (SSSR count). The minimum atomic E-state index is -0.533. The van der Waals surface area contributed by atoms with Gasteiger partial charge in [-0.15, -0.1) is 11.8 Å². The predicted molar refractivity (Wildman–Crippen MR) is 202 cm³/mol. The van der Waals surface area contributed by atoms with Crippen molar-refractivity contribution in [3.63, 3.8) is 0 Å². The Hall–Kier alpha value is -3.31. The van der Waals surface area contributed by atoms with Gasteiger partial charge in [0.2, 0.25) is 11.8 Å². The maximum Gasteiger partial charge on any atom is 0.322 e. The lowest BCUT2D eigenvalue weighted by Crippen LogP contribution is -2.50. The van der Waals surface area contributed by atoms with Crippen LogP contribution in [-0.2, 0) is 16.0 Å². The molecule has 9 nitrogen and oxygen atoms in total. The van der Waals surface area contributed by atoms with Gasteiger partial charge >= 0.3 is 6.03 Å². The molecule has 4 heterocycles. The smallest absolute Gasteiger partial charge is 0.322 e. The second kappa shape index (κ2) is 15.7. The summed E-state index contributed by atoms with van der Waals surface area (Å²) in [7, 11) is 0. The lowest BCUT2D eigenvalue weighted by molar-refractivity contribution is -0.137. The molecule has 11 heteroatoms. The number of hydrogen-bond acceptors (Lipinski definition) is 6. The summed E-state index contributed by atoms with van der Waals surface area (Å²) in [5, 5.41) is 5.54. The van der Waals surface area contributed by atoms with Gasteiger partial charge in [0.1, 0.15) is 11.2 Å². The van der Waals surface area contributed by atoms with Crippen LogP contribution in [0.4, 0.5) is 20.6 Å². The van der Waals surface area contributed by atoms with Gasteiger partial charge in [-0.2, -0.15) is 0 Å². The second-order valence-corrected chi connectivity index (χ2v) is 16.5. The monoisotopic (exact) mass is 698 g/mol. The van der Waals surface area contributed by atoms with E-state index in [1.807, 2.05) is 39.0 Å². The molecule has 4 aliphatic rings. The highest BCUT2D eigenvalue weighted by molar-refractivity contribution is 8.01. The van der Waals surface area contributed by atoms with Crippen LogP contribution in [0.1, 0.15) is 86.5 Å². The predicted octanol–water partition coefficient (Wildman–Crippen LogP) is 7.31. The summed E-state index contributed by atoms with van der Waals surface area (Å²) in [6, 6.07) is 13.0. The average Bonchev–Trinajstić information content (AvgIpc) is 3.28. The van der Waals surface area contributed by atoms with Gasteiger partial charge in [0.25, 0.3) is 0 Å². The molecule has 1 unspecified atom stereocenters. The SMILES string of the molecule is CC(C)(C)CCN1C(=O)[C@H](CC(=O)N2CCC(N3CCc4ccccc4NC3=O)CC2)SC1c1cccc(F)c1NCCN1CCCCC1.[HH].[HH].[HH]. The number of nitrogens with zero attached hydrogens (tertiary/aromatic N) is 4. The number of carbonyl (C=O) groups excluding carboxylic acids is 3. The van der Waals surface area contributed by atoms with Crippen molar-refractivity contribution >= 4 is 41.0 Å². The highest BCUT2D eigenvalue weighted by Gasteiger charge is 2.44. The Balaban J connectivity index is 0.00000243. The largest absolute Gasteiger partial charge is 0.381 e.